The number of aryl methyl sites for hydroxylation is 1. The van der Waals surface area contributed by atoms with Gasteiger partial charge in [-0.05, 0) is 43.3 Å². The predicted molar refractivity (Wildman–Crippen MR) is 112 cm³/mol. The van der Waals surface area contributed by atoms with Crippen molar-refractivity contribution in [3.63, 3.8) is 0 Å². The average molecular weight is 377 g/mol. The van der Waals surface area contributed by atoms with Gasteiger partial charge in [-0.25, -0.2) is 0 Å². The first-order chi connectivity index (χ1) is 13.1. The van der Waals surface area contributed by atoms with Crippen LogP contribution in [0, 0.1) is 6.92 Å². The number of hydrogen-bond acceptors (Lipinski definition) is 3. The van der Waals surface area contributed by atoms with E-state index in [4.69, 9.17) is 11.6 Å². The molecule has 3 aromatic carbocycles. The van der Waals surface area contributed by atoms with E-state index in [2.05, 4.69) is 41.0 Å². The molecule has 0 saturated carbocycles. The highest BCUT2D eigenvalue weighted by molar-refractivity contribution is 6.30. The predicted octanol–water partition coefficient (Wildman–Crippen LogP) is 5.18. The third-order valence-corrected chi connectivity index (χ3v) is 5.26. The molecule has 1 heterocycles. The summed E-state index contributed by atoms with van der Waals surface area (Å²) in [6.45, 7) is 3.39. The Morgan fingerprint density at radius 2 is 1.52 bits per heavy atom. The highest BCUT2D eigenvalue weighted by atomic mass is 35.5. The van der Waals surface area contributed by atoms with Crippen molar-refractivity contribution < 1.29 is 4.79 Å². The summed E-state index contributed by atoms with van der Waals surface area (Å²) < 4.78 is 0. The molecule has 1 aliphatic rings. The summed E-state index contributed by atoms with van der Waals surface area (Å²) >= 11 is 6.06. The van der Waals surface area contributed by atoms with E-state index >= 15 is 0 Å². The Hall–Kier alpha value is -2.78. The molecule has 0 spiro atoms. The first-order valence-electron chi connectivity index (χ1n) is 9.05. The number of benzene rings is 3. The minimum atomic E-state index is -0.241. The zero-order valence-electron chi connectivity index (χ0n) is 15.2. The number of hydrogen-bond donors (Lipinski definition) is 0. The van der Waals surface area contributed by atoms with E-state index in [-0.39, 0.29) is 11.8 Å². The maximum absolute atomic E-state index is 13.2. The molecule has 1 atom stereocenters. The lowest BCUT2D eigenvalue weighted by Crippen LogP contribution is -2.37. The molecular formula is C23H21ClN2O. The van der Waals surface area contributed by atoms with E-state index in [0.29, 0.717) is 18.2 Å². The number of carbonyl (C=O) groups is 1. The van der Waals surface area contributed by atoms with Crippen LogP contribution in [-0.4, -0.2) is 25.0 Å². The molecule has 1 unspecified atom stereocenters. The van der Waals surface area contributed by atoms with Crippen LogP contribution in [0.2, 0.25) is 5.02 Å². The number of carbonyl (C=O) groups excluding carboxylic acids is 1. The standard InChI is InChI=1S/C23H21ClN2O/c1-17-7-11-20(12-8-17)25-15-22(23(27)18-5-3-2-4-6-18)26(16-25)21-13-9-19(24)10-14-21/h2-14,22H,15-16H2,1H3. The minimum Gasteiger partial charge on any atom is -0.351 e. The Bertz CT molecular complexity index is 923. The van der Waals surface area contributed by atoms with Gasteiger partial charge >= 0.3 is 0 Å². The van der Waals surface area contributed by atoms with Gasteiger partial charge in [-0.1, -0.05) is 59.6 Å². The molecule has 3 nitrogen and oxygen atoms in total. The van der Waals surface area contributed by atoms with Crippen molar-refractivity contribution in [1.82, 2.24) is 0 Å². The molecule has 1 aliphatic heterocycles. The molecule has 4 rings (SSSR count). The summed E-state index contributed by atoms with van der Waals surface area (Å²) in [6.07, 6.45) is 0. The Labute approximate surface area is 164 Å². The van der Waals surface area contributed by atoms with Gasteiger partial charge in [0.05, 0.1) is 6.67 Å². The van der Waals surface area contributed by atoms with Crippen molar-refractivity contribution in [2.24, 2.45) is 0 Å². The zero-order valence-corrected chi connectivity index (χ0v) is 15.9. The number of halogens is 1. The fourth-order valence-corrected chi connectivity index (χ4v) is 3.63. The normalized spacial score (nSPS) is 16.6. The van der Waals surface area contributed by atoms with Crippen LogP contribution in [0.5, 0.6) is 0 Å². The fraction of sp³-hybridized carbons (Fsp3) is 0.174. The number of ketones is 1. The Morgan fingerprint density at radius 3 is 2.19 bits per heavy atom. The molecule has 0 aromatic heterocycles. The van der Waals surface area contributed by atoms with Crippen LogP contribution in [0.25, 0.3) is 0 Å². The molecular weight excluding hydrogens is 356 g/mol. The second kappa shape index (κ2) is 7.45. The lowest BCUT2D eigenvalue weighted by atomic mass is 10.0. The monoisotopic (exact) mass is 376 g/mol. The molecule has 4 heteroatoms. The van der Waals surface area contributed by atoms with E-state index in [0.717, 1.165) is 16.9 Å². The smallest absolute Gasteiger partial charge is 0.187 e. The summed E-state index contributed by atoms with van der Waals surface area (Å²) in [6, 6.07) is 25.4. The van der Waals surface area contributed by atoms with Crippen LogP contribution in [-0.2, 0) is 0 Å². The van der Waals surface area contributed by atoms with Crippen molar-refractivity contribution >= 4 is 28.8 Å². The first-order valence-corrected chi connectivity index (χ1v) is 9.43. The number of rotatable bonds is 4. The third kappa shape index (κ3) is 3.69. The molecule has 1 saturated heterocycles. The van der Waals surface area contributed by atoms with Crippen LogP contribution in [0.4, 0.5) is 11.4 Å². The second-order valence-electron chi connectivity index (χ2n) is 6.89. The second-order valence-corrected chi connectivity index (χ2v) is 7.33. The van der Waals surface area contributed by atoms with Crippen LogP contribution >= 0.6 is 11.6 Å². The topological polar surface area (TPSA) is 23.6 Å². The molecule has 1 fully saturated rings. The molecule has 0 aliphatic carbocycles. The van der Waals surface area contributed by atoms with Gasteiger partial charge in [-0.3, -0.25) is 4.79 Å². The summed E-state index contributed by atoms with van der Waals surface area (Å²) in [5.41, 5.74) is 4.10. The van der Waals surface area contributed by atoms with E-state index in [1.165, 1.54) is 5.56 Å². The van der Waals surface area contributed by atoms with Gasteiger partial charge in [0, 0.05) is 28.5 Å². The van der Waals surface area contributed by atoms with Gasteiger partial charge in [-0.2, -0.15) is 0 Å². The van der Waals surface area contributed by atoms with Crippen molar-refractivity contribution in [2.45, 2.75) is 13.0 Å². The summed E-state index contributed by atoms with van der Waals surface area (Å²) in [5, 5.41) is 0.694. The van der Waals surface area contributed by atoms with Crippen molar-refractivity contribution in [3.05, 3.63) is 95.0 Å². The average Bonchev–Trinajstić information content (AvgIpc) is 3.14. The van der Waals surface area contributed by atoms with Gasteiger partial charge in [0.25, 0.3) is 0 Å². The molecule has 0 radical (unpaired) electrons. The molecule has 0 bridgehead atoms. The van der Waals surface area contributed by atoms with Gasteiger partial charge in [0.2, 0.25) is 0 Å². The van der Waals surface area contributed by atoms with Crippen LogP contribution in [0.1, 0.15) is 15.9 Å². The van der Waals surface area contributed by atoms with Crippen LogP contribution in [0.15, 0.2) is 78.9 Å². The van der Waals surface area contributed by atoms with E-state index in [1.807, 2.05) is 54.6 Å². The Morgan fingerprint density at radius 1 is 0.889 bits per heavy atom. The SMILES string of the molecule is Cc1ccc(N2CC(C(=O)c3ccccc3)N(c3ccc(Cl)cc3)C2)cc1. The summed E-state index contributed by atoms with van der Waals surface area (Å²) in [7, 11) is 0. The zero-order chi connectivity index (χ0) is 18.8. The number of anilines is 2. The van der Waals surface area contributed by atoms with Crippen LogP contribution in [0.3, 0.4) is 0 Å². The van der Waals surface area contributed by atoms with Gasteiger partial charge in [0.15, 0.2) is 5.78 Å². The van der Waals surface area contributed by atoms with Gasteiger partial charge in [0.1, 0.15) is 6.04 Å². The first kappa shape index (κ1) is 17.6. The quantitative estimate of drug-likeness (QED) is 0.586. The number of Topliss-reactive ketones (excluding diaryl/α,β-unsaturated/α-hetero) is 1. The Kier molecular flexibility index (Phi) is 4.87. The highest BCUT2D eigenvalue weighted by Gasteiger charge is 2.36. The number of nitrogens with zero attached hydrogens (tertiary/aromatic N) is 2. The largest absolute Gasteiger partial charge is 0.351 e. The molecule has 136 valence electrons. The molecule has 0 amide bonds. The lowest BCUT2D eigenvalue weighted by Gasteiger charge is -2.25. The maximum atomic E-state index is 13.2. The van der Waals surface area contributed by atoms with E-state index in [9.17, 15) is 4.79 Å². The minimum absolute atomic E-state index is 0.139. The van der Waals surface area contributed by atoms with Gasteiger partial charge < -0.3 is 9.80 Å². The van der Waals surface area contributed by atoms with Crippen LogP contribution < -0.4 is 9.80 Å². The highest BCUT2D eigenvalue weighted by Crippen LogP contribution is 2.29. The van der Waals surface area contributed by atoms with Crippen molar-refractivity contribution in [3.8, 4) is 0 Å². The van der Waals surface area contributed by atoms with E-state index in [1.54, 1.807) is 0 Å². The molecule has 27 heavy (non-hydrogen) atoms. The Balaban J connectivity index is 1.67. The third-order valence-electron chi connectivity index (χ3n) is 5.01. The van der Waals surface area contributed by atoms with Crippen molar-refractivity contribution in [2.75, 3.05) is 23.0 Å². The lowest BCUT2D eigenvalue weighted by molar-refractivity contribution is 0.0968. The van der Waals surface area contributed by atoms with Gasteiger partial charge in [-0.15, -0.1) is 0 Å². The van der Waals surface area contributed by atoms with Crippen molar-refractivity contribution in [1.29, 1.82) is 0 Å². The summed E-state index contributed by atoms with van der Waals surface area (Å²) in [4.78, 5) is 17.6. The molecule has 0 N–H and O–H groups in total. The molecule has 3 aromatic rings. The van der Waals surface area contributed by atoms with E-state index < -0.39 is 0 Å². The summed E-state index contributed by atoms with van der Waals surface area (Å²) in [5.74, 6) is 0.139. The fourth-order valence-electron chi connectivity index (χ4n) is 3.50. The maximum Gasteiger partial charge on any atom is 0.187 e.